The second-order valence-corrected chi connectivity index (χ2v) is 7.15. The minimum atomic E-state index is -0.437. The number of carbonyl (C=O) groups excluding carboxylic acids is 1. The van der Waals surface area contributed by atoms with E-state index in [2.05, 4.69) is 16.7 Å². The summed E-state index contributed by atoms with van der Waals surface area (Å²) in [5.74, 6) is 0. The monoisotopic (exact) mass is 299 g/mol. The zero-order valence-corrected chi connectivity index (χ0v) is 14.7. The number of likely N-dealkylation sites (N-methyl/N-ethyl adjacent to an activating group) is 2. The second-order valence-electron chi connectivity index (χ2n) is 7.15. The van der Waals surface area contributed by atoms with Crippen molar-refractivity contribution in [3.8, 4) is 0 Å². The minimum absolute atomic E-state index is 0.188. The molecule has 0 aliphatic carbocycles. The van der Waals surface area contributed by atoms with Crippen LogP contribution in [0.4, 0.5) is 4.79 Å². The zero-order chi connectivity index (χ0) is 16.0. The van der Waals surface area contributed by atoms with Gasteiger partial charge in [0.15, 0.2) is 0 Å². The van der Waals surface area contributed by atoms with Gasteiger partial charge in [-0.25, -0.2) is 4.79 Å². The molecule has 1 aliphatic rings. The summed E-state index contributed by atoms with van der Waals surface area (Å²) in [6.07, 6.45) is 2.22. The Morgan fingerprint density at radius 1 is 1.29 bits per heavy atom. The van der Waals surface area contributed by atoms with Gasteiger partial charge in [-0.1, -0.05) is 6.92 Å². The van der Waals surface area contributed by atoms with E-state index in [-0.39, 0.29) is 6.09 Å². The van der Waals surface area contributed by atoms with Crippen LogP contribution in [-0.4, -0.2) is 79.3 Å². The van der Waals surface area contributed by atoms with Crippen LogP contribution in [0.2, 0.25) is 0 Å². The van der Waals surface area contributed by atoms with E-state index >= 15 is 0 Å². The Balaban J connectivity index is 2.65. The first-order chi connectivity index (χ1) is 9.73. The topological polar surface area (TPSA) is 36.0 Å². The molecule has 0 saturated carbocycles. The quantitative estimate of drug-likeness (QED) is 0.754. The summed E-state index contributed by atoms with van der Waals surface area (Å²) < 4.78 is 5.56. The lowest BCUT2D eigenvalue weighted by atomic mass is 10.2. The van der Waals surface area contributed by atoms with Gasteiger partial charge in [-0.2, -0.15) is 0 Å². The van der Waals surface area contributed by atoms with Crippen LogP contribution in [0.1, 0.15) is 40.5 Å². The van der Waals surface area contributed by atoms with E-state index in [9.17, 15) is 4.79 Å². The van der Waals surface area contributed by atoms with E-state index in [1.54, 1.807) is 0 Å². The van der Waals surface area contributed by atoms with Gasteiger partial charge < -0.3 is 14.5 Å². The molecule has 1 rings (SSSR count). The molecular weight excluding hydrogens is 266 g/mol. The number of rotatable bonds is 6. The van der Waals surface area contributed by atoms with E-state index in [0.717, 1.165) is 32.7 Å². The van der Waals surface area contributed by atoms with Crippen molar-refractivity contribution in [2.45, 2.75) is 52.2 Å². The SMILES string of the molecule is CCN1CCCC1CN(CCN(C)C)C(=O)OC(C)(C)C. The van der Waals surface area contributed by atoms with Crippen molar-refractivity contribution in [1.82, 2.24) is 14.7 Å². The Morgan fingerprint density at radius 2 is 1.95 bits per heavy atom. The Morgan fingerprint density at radius 3 is 2.48 bits per heavy atom. The number of carbonyl (C=O) groups is 1. The van der Waals surface area contributed by atoms with Crippen LogP contribution in [0.15, 0.2) is 0 Å². The summed E-state index contributed by atoms with van der Waals surface area (Å²) in [7, 11) is 4.06. The van der Waals surface area contributed by atoms with Crippen molar-refractivity contribution in [1.29, 1.82) is 0 Å². The fourth-order valence-electron chi connectivity index (χ4n) is 2.68. The normalized spacial score (nSPS) is 20.0. The number of amides is 1. The van der Waals surface area contributed by atoms with Crippen LogP contribution in [0.5, 0.6) is 0 Å². The molecule has 21 heavy (non-hydrogen) atoms. The average Bonchev–Trinajstić information content (AvgIpc) is 2.78. The van der Waals surface area contributed by atoms with Gasteiger partial charge in [-0.05, 0) is 60.8 Å². The minimum Gasteiger partial charge on any atom is -0.444 e. The zero-order valence-electron chi connectivity index (χ0n) is 14.7. The maximum atomic E-state index is 12.4. The summed E-state index contributed by atoms with van der Waals surface area (Å²) in [6, 6.07) is 0.477. The van der Waals surface area contributed by atoms with Crippen molar-refractivity contribution in [3.05, 3.63) is 0 Å². The molecular formula is C16H33N3O2. The third kappa shape index (κ3) is 6.66. The molecule has 124 valence electrons. The molecule has 0 radical (unpaired) electrons. The van der Waals surface area contributed by atoms with Gasteiger partial charge >= 0.3 is 6.09 Å². The Bertz CT molecular complexity index is 326. The van der Waals surface area contributed by atoms with Crippen LogP contribution in [0, 0.1) is 0 Å². The molecule has 0 aromatic rings. The van der Waals surface area contributed by atoms with Crippen LogP contribution in [0.25, 0.3) is 0 Å². The van der Waals surface area contributed by atoms with Crippen LogP contribution < -0.4 is 0 Å². The summed E-state index contributed by atoms with van der Waals surface area (Å²) in [4.78, 5) is 18.9. The summed E-state index contributed by atoms with van der Waals surface area (Å²) in [6.45, 7) is 12.5. The molecule has 1 heterocycles. The molecule has 0 N–H and O–H groups in total. The van der Waals surface area contributed by atoms with Crippen molar-refractivity contribution < 1.29 is 9.53 Å². The number of nitrogens with zero attached hydrogens (tertiary/aromatic N) is 3. The molecule has 1 atom stereocenters. The lowest BCUT2D eigenvalue weighted by molar-refractivity contribution is 0.0195. The van der Waals surface area contributed by atoms with E-state index < -0.39 is 5.60 Å². The maximum Gasteiger partial charge on any atom is 0.410 e. The van der Waals surface area contributed by atoms with Gasteiger partial charge in [-0.15, -0.1) is 0 Å². The molecule has 1 saturated heterocycles. The summed E-state index contributed by atoms with van der Waals surface area (Å²) >= 11 is 0. The molecule has 5 nitrogen and oxygen atoms in total. The molecule has 0 bridgehead atoms. The first kappa shape index (κ1) is 18.2. The molecule has 5 heteroatoms. The Hall–Kier alpha value is -0.810. The number of likely N-dealkylation sites (tertiary alicyclic amines) is 1. The molecule has 0 spiro atoms. The number of hydrogen-bond acceptors (Lipinski definition) is 4. The largest absolute Gasteiger partial charge is 0.444 e. The fraction of sp³-hybridized carbons (Fsp3) is 0.938. The van der Waals surface area contributed by atoms with Gasteiger partial charge in [-0.3, -0.25) is 4.90 Å². The predicted molar refractivity (Wildman–Crippen MR) is 86.6 cm³/mol. The molecule has 0 aromatic carbocycles. The van der Waals surface area contributed by atoms with E-state index in [4.69, 9.17) is 4.74 Å². The predicted octanol–water partition coefficient (Wildman–Crippen LogP) is 2.27. The lowest BCUT2D eigenvalue weighted by Crippen LogP contribution is -2.47. The Labute approximate surface area is 130 Å². The van der Waals surface area contributed by atoms with Gasteiger partial charge in [0, 0.05) is 25.7 Å². The fourth-order valence-corrected chi connectivity index (χ4v) is 2.68. The van der Waals surface area contributed by atoms with Crippen LogP contribution in [-0.2, 0) is 4.74 Å². The average molecular weight is 299 g/mol. The summed E-state index contributed by atoms with van der Waals surface area (Å²) in [5, 5.41) is 0. The van der Waals surface area contributed by atoms with Gasteiger partial charge in [0.1, 0.15) is 5.60 Å². The highest BCUT2D eigenvalue weighted by Crippen LogP contribution is 2.19. The van der Waals surface area contributed by atoms with Crippen molar-refractivity contribution in [3.63, 3.8) is 0 Å². The van der Waals surface area contributed by atoms with Gasteiger partial charge in [0.25, 0.3) is 0 Å². The first-order valence-corrected chi connectivity index (χ1v) is 8.09. The smallest absolute Gasteiger partial charge is 0.410 e. The molecule has 1 fully saturated rings. The third-order valence-electron chi connectivity index (χ3n) is 3.81. The van der Waals surface area contributed by atoms with E-state index in [1.807, 2.05) is 39.8 Å². The molecule has 1 unspecified atom stereocenters. The van der Waals surface area contributed by atoms with Crippen molar-refractivity contribution >= 4 is 6.09 Å². The molecule has 0 aromatic heterocycles. The van der Waals surface area contributed by atoms with Crippen molar-refractivity contribution in [2.24, 2.45) is 0 Å². The third-order valence-corrected chi connectivity index (χ3v) is 3.81. The van der Waals surface area contributed by atoms with E-state index in [0.29, 0.717) is 6.04 Å². The maximum absolute atomic E-state index is 12.4. The highest BCUT2D eigenvalue weighted by Gasteiger charge is 2.29. The highest BCUT2D eigenvalue weighted by atomic mass is 16.6. The standard InChI is InChI=1S/C16H33N3O2/c1-7-18-10-8-9-14(18)13-19(12-11-17(5)6)15(20)21-16(2,3)4/h14H,7-13H2,1-6H3. The molecule has 1 amide bonds. The number of ether oxygens (including phenoxy) is 1. The van der Waals surface area contributed by atoms with Gasteiger partial charge in [0.2, 0.25) is 0 Å². The van der Waals surface area contributed by atoms with Crippen molar-refractivity contribution in [2.75, 3.05) is 46.8 Å². The van der Waals surface area contributed by atoms with E-state index in [1.165, 1.54) is 12.8 Å². The lowest BCUT2D eigenvalue weighted by Gasteiger charge is -2.32. The van der Waals surface area contributed by atoms with Crippen LogP contribution in [0.3, 0.4) is 0 Å². The second kappa shape index (κ2) is 7.99. The van der Waals surface area contributed by atoms with Gasteiger partial charge in [0.05, 0.1) is 0 Å². The van der Waals surface area contributed by atoms with Crippen LogP contribution >= 0.6 is 0 Å². The number of hydrogen-bond donors (Lipinski definition) is 0. The Kier molecular flexibility index (Phi) is 6.94. The summed E-state index contributed by atoms with van der Waals surface area (Å²) in [5.41, 5.74) is -0.437. The first-order valence-electron chi connectivity index (χ1n) is 8.09. The molecule has 1 aliphatic heterocycles. The highest BCUT2D eigenvalue weighted by molar-refractivity contribution is 5.68.